The SMILES string of the molecule is CNS(=O)(=O)c1ccc(-c2ccc3nc(OC(C)C4CCN(c5nc(C(C)C)no5)CC4)sc3n2)cc1. The first kappa shape index (κ1) is 25.6. The number of piperidine rings is 1. The number of thiazole rings is 1. The Bertz CT molecular complexity index is 1470. The minimum absolute atomic E-state index is 0.0118. The van der Waals surface area contributed by atoms with Gasteiger partial charge >= 0.3 is 6.01 Å². The van der Waals surface area contributed by atoms with Crippen molar-refractivity contribution in [3.8, 4) is 16.5 Å². The molecule has 0 amide bonds. The highest BCUT2D eigenvalue weighted by molar-refractivity contribution is 7.89. The predicted octanol–water partition coefficient (Wildman–Crippen LogP) is 4.46. The van der Waals surface area contributed by atoms with E-state index in [9.17, 15) is 8.42 Å². The summed E-state index contributed by atoms with van der Waals surface area (Å²) in [6.07, 6.45) is 1.94. The molecule has 4 aromatic rings. The van der Waals surface area contributed by atoms with Gasteiger partial charge in [0, 0.05) is 24.6 Å². The highest BCUT2D eigenvalue weighted by Gasteiger charge is 2.28. The number of pyridine rings is 1. The number of hydrogen-bond donors (Lipinski definition) is 1. The lowest BCUT2D eigenvalue weighted by atomic mass is 9.92. The summed E-state index contributed by atoms with van der Waals surface area (Å²) in [7, 11) is -2.08. The standard InChI is InChI=1S/C25H30N6O4S2/c1-15(2)22-29-24(35-30-22)31-13-11-17(12-14-31)16(3)34-25-28-21-10-9-20(27-23(21)36-25)18-5-7-19(8-6-18)37(32,33)26-4/h5-10,15-17,26H,11-14H2,1-4H3. The van der Waals surface area contributed by atoms with Gasteiger partial charge in [0.25, 0.3) is 5.19 Å². The van der Waals surface area contributed by atoms with Crippen molar-refractivity contribution in [1.82, 2.24) is 24.8 Å². The molecule has 1 atom stereocenters. The molecule has 196 valence electrons. The summed E-state index contributed by atoms with van der Waals surface area (Å²) in [4.78, 5) is 17.0. The van der Waals surface area contributed by atoms with Crippen molar-refractivity contribution < 1.29 is 17.7 Å². The van der Waals surface area contributed by atoms with E-state index in [2.05, 4.69) is 45.5 Å². The average molecular weight is 543 g/mol. The van der Waals surface area contributed by atoms with Crippen molar-refractivity contribution in [1.29, 1.82) is 0 Å². The van der Waals surface area contributed by atoms with E-state index >= 15 is 0 Å². The van der Waals surface area contributed by atoms with Crippen LogP contribution in [0.4, 0.5) is 6.01 Å². The van der Waals surface area contributed by atoms with Crippen LogP contribution in [0.5, 0.6) is 5.19 Å². The third-order valence-corrected chi connectivity index (χ3v) is 8.96. The Labute approximate surface area is 220 Å². The van der Waals surface area contributed by atoms with E-state index < -0.39 is 10.0 Å². The zero-order valence-corrected chi connectivity index (χ0v) is 22.8. The maximum Gasteiger partial charge on any atom is 0.324 e. The van der Waals surface area contributed by atoms with Crippen LogP contribution in [0.1, 0.15) is 45.4 Å². The Morgan fingerprint density at radius 1 is 1.05 bits per heavy atom. The lowest BCUT2D eigenvalue weighted by Crippen LogP contribution is -2.38. The summed E-state index contributed by atoms with van der Waals surface area (Å²) in [6, 6.07) is 11.0. The summed E-state index contributed by atoms with van der Waals surface area (Å²) in [5.74, 6) is 1.37. The fourth-order valence-corrected chi connectivity index (χ4v) is 5.94. The van der Waals surface area contributed by atoms with Gasteiger partial charge in [-0.05, 0) is 57.0 Å². The van der Waals surface area contributed by atoms with Crippen LogP contribution >= 0.6 is 11.3 Å². The molecule has 1 aliphatic rings. The second-order valence-electron chi connectivity index (χ2n) is 9.47. The highest BCUT2D eigenvalue weighted by Crippen LogP contribution is 2.32. The third kappa shape index (κ3) is 5.46. The molecule has 0 spiro atoms. The van der Waals surface area contributed by atoms with Gasteiger partial charge in [0.15, 0.2) is 5.82 Å². The van der Waals surface area contributed by atoms with Gasteiger partial charge in [-0.25, -0.2) is 23.1 Å². The van der Waals surface area contributed by atoms with Crippen LogP contribution in [0.15, 0.2) is 45.8 Å². The molecule has 10 nitrogen and oxygen atoms in total. The van der Waals surface area contributed by atoms with E-state index in [1.54, 1.807) is 24.3 Å². The smallest absolute Gasteiger partial charge is 0.324 e. The van der Waals surface area contributed by atoms with Gasteiger partial charge in [-0.3, -0.25) is 0 Å². The van der Waals surface area contributed by atoms with E-state index in [0.29, 0.717) is 17.1 Å². The first-order valence-corrected chi connectivity index (χ1v) is 14.6. The molecule has 5 rings (SSSR count). The summed E-state index contributed by atoms with van der Waals surface area (Å²) in [5.41, 5.74) is 2.35. The number of ether oxygens (including phenoxy) is 1. The van der Waals surface area contributed by atoms with Crippen molar-refractivity contribution in [2.75, 3.05) is 25.0 Å². The first-order chi connectivity index (χ1) is 17.7. The molecule has 0 saturated carbocycles. The Kier molecular flexibility index (Phi) is 7.15. The monoisotopic (exact) mass is 542 g/mol. The van der Waals surface area contributed by atoms with Crippen LogP contribution in [-0.4, -0.2) is 54.8 Å². The van der Waals surface area contributed by atoms with Crippen molar-refractivity contribution in [3.63, 3.8) is 0 Å². The number of rotatable bonds is 8. The number of sulfonamides is 1. The van der Waals surface area contributed by atoms with Crippen molar-refractivity contribution in [3.05, 3.63) is 42.2 Å². The maximum absolute atomic E-state index is 12.0. The van der Waals surface area contributed by atoms with E-state index in [4.69, 9.17) is 14.2 Å². The first-order valence-electron chi connectivity index (χ1n) is 12.3. The van der Waals surface area contributed by atoms with Crippen LogP contribution in [-0.2, 0) is 10.0 Å². The minimum atomic E-state index is -3.48. The number of nitrogens with zero attached hydrogens (tertiary/aromatic N) is 5. The van der Waals surface area contributed by atoms with Crippen LogP contribution in [0, 0.1) is 5.92 Å². The zero-order chi connectivity index (χ0) is 26.2. The third-order valence-electron chi connectivity index (χ3n) is 6.67. The molecular formula is C25H30N6O4S2. The largest absolute Gasteiger partial charge is 0.467 e. The number of fused-ring (bicyclic) bond motifs is 1. The lowest BCUT2D eigenvalue weighted by molar-refractivity contribution is 0.131. The summed E-state index contributed by atoms with van der Waals surface area (Å²) in [5, 5.41) is 4.67. The highest BCUT2D eigenvalue weighted by atomic mass is 32.2. The second-order valence-corrected chi connectivity index (χ2v) is 12.3. The van der Waals surface area contributed by atoms with E-state index in [-0.39, 0.29) is 16.9 Å². The molecule has 4 heterocycles. The van der Waals surface area contributed by atoms with Gasteiger partial charge in [-0.2, -0.15) is 4.98 Å². The van der Waals surface area contributed by atoms with Crippen LogP contribution in [0.25, 0.3) is 21.6 Å². The second kappa shape index (κ2) is 10.3. The van der Waals surface area contributed by atoms with Gasteiger partial charge in [0.05, 0.1) is 10.6 Å². The van der Waals surface area contributed by atoms with Crippen LogP contribution in [0.2, 0.25) is 0 Å². The Balaban J connectivity index is 1.22. The van der Waals surface area contributed by atoms with Crippen LogP contribution < -0.4 is 14.4 Å². The number of aromatic nitrogens is 4. The van der Waals surface area contributed by atoms with E-state index in [0.717, 1.165) is 53.4 Å². The molecule has 3 aromatic heterocycles. The van der Waals surface area contributed by atoms with E-state index in [1.165, 1.54) is 18.4 Å². The number of anilines is 1. The Morgan fingerprint density at radius 2 is 1.78 bits per heavy atom. The molecule has 1 fully saturated rings. The summed E-state index contributed by atoms with van der Waals surface area (Å²) in [6.45, 7) is 7.88. The summed E-state index contributed by atoms with van der Waals surface area (Å²) >= 11 is 1.42. The normalized spacial score (nSPS) is 16.0. The quantitative estimate of drug-likeness (QED) is 0.344. The molecule has 0 bridgehead atoms. The number of hydrogen-bond acceptors (Lipinski definition) is 10. The van der Waals surface area contributed by atoms with E-state index in [1.807, 2.05) is 12.1 Å². The minimum Gasteiger partial charge on any atom is -0.467 e. The Morgan fingerprint density at radius 3 is 2.43 bits per heavy atom. The summed E-state index contributed by atoms with van der Waals surface area (Å²) < 4.78 is 38.0. The zero-order valence-electron chi connectivity index (χ0n) is 21.2. The molecular weight excluding hydrogens is 512 g/mol. The molecule has 0 aliphatic carbocycles. The molecule has 1 saturated heterocycles. The van der Waals surface area contributed by atoms with Crippen molar-refractivity contribution in [2.24, 2.45) is 5.92 Å². The molecule has 1 unspecified atom stereocenters. The van der Waals surface area contributed by atoms with Gasteiger partial charge in [-0.1, -0.05) is 42.5 Å². The molecule has 37 heavy (non-hydrogen) atoms. The molecule has 1 aromatic carbocycles. The Hall–Kier alpha value is -3.09. The van der Waals surface area contributed by atoms with Crippen molar-refractivity contribution >= 4 is 37.7 Å². The van der Waals surface area contributed by atoms with Gasteiger partial charge in [0.1, 0.15) is 16.5 Å². The fourth-order valence-electron chi connectivity index (χ4n) is 4.34. The number of benzene rings is 1. The van der Waals surface area contributed by atoms with Crippen molar-refractivity contribution in [2.45, 2.75) is 50.5 Å². The van der Waals surface area contributed by atoms with Gasteiger partial charge in [0.2, 0.25) is 10.0 Å². The van der Waals surface area contributed by atoms with Gasteiger partial charge in [-0.15, -0.1) is 0 Å². The number of nitrogens with one attached hydrogen (secondary N) is 1. The predicted molar refractivity (Wildman–Crippen MR) is 143 cm³/mol. The average Bonchev–Trinajstić information content (AvgIpc) is 3.56. The molecule has 1 aliphatic heterocycles. The molecule has 12 heteroatoms. The van der Waals surface area contributed by atoms with Crippen LogP contribution in [0.3, 0.4) is 0 Å². The van der Waals surface area contributed by atoms with Gasteiger partial charge < -0.3 is 14.2 Å². The fraction of sp³-hybridized carbons (Fsp3) is 0.440. The maximum atomic E-state index is 12.0. The molecule has 0 radical (unpaired) electrons. The topological polar surface area (TPSA) is 123 Å². The lowest BCUT2D eigenvalue weighted by Gasteiger charge is -2.33. The molecule has 1 N–H and O–H groups in total.